The highest BCUT2D eigenvalue weighted by atomic mass is 19.1. The molecule has 41 heavy (non-hydrogen) atoms. The van der Waals surface area contributed by atoms with Crippen molar-refractivity contribution in [3.8, 4) is 0 Å². The molecule has 2 aromatic rings. The Bertz CT molecular complexity index is 1160. The Morgan fingerprint density at radius 3 is 2.29 bits per heavy atom. The Labute approximate surface area is 241 Å². The number of fused-ring (bicyclic) bond motifs is 1. The number of rotatable bonds is 10. The van der Waals surface area contributed by atoms with E-state index < -0.39 is 18.0 Å². The number of halogens is 2. The molecule has 0 saturated heterocycles. The molecule has 2 atom stereocenters. The second kappa shape index (κ2) is 19.5. The lowest BCUT2D eigenvalue weighted by atomic mass is 10.0. The highest BCUT2D eigenvalue weighted by Crippen LogP contribution is 2.34. The number of alkyl halides is 1. The number of carbonyl (C=O) groups is 3. The number of aryl methyl sites for hydroxylation is 1. The summed E-state index contributed by atoms with van der Waals surface area (Å²) in [5.74, 6) is -1.44. The van der Waals surface area contributed by atoms with Crippen LogP contribution < -0.4 is 16.0 Å². The van der Waals surface area contributed by atoms with Crippen molar-refractivity contribution in [3.05, 3.63) is 52.1 Å². The standard InChI is InChI=1S/C25H31FN4O5.2C2H6.CH3F/c1-4-27-22(33)11-17(32)10-16(31)7-8-28-25(35)23-13(2)21(29-14(23)3)12-19-18-9-15(26)5-6-20(18)30-24(19)34;3*1-2/h5-6,9,12,16-17,29,31-32H,4,7-8,10-11H2,1-3H3,(H,27,33)(H,28,35)(H,30,34);2*1-2H3;1H3/b19-12-;;;. The number of aliphatic hydroxyl groups excluding tert-OH is 2. The quantitative estimate of drug-likeness (QED) is 0.227. The molecule has 2 heterocycles. The molecule has 0 spiro atoms. The number of aromatic amines is 1. The fraction of sp³-hybridized carbons (Fsp3) is 0.500. The van der Waals surface area contributed by atoms with E-state index in [0.717, 1.165) is 0 Å². The minimum absolute atomic E-state index is 0.0249. The van der Waals surface area contributed by atoms with Crippen molar-refractivity contribution in [2.75, 3.05) is 25.6 Å². The van der Waals surface area contributed by atoms with Crippen molar-refractivity contribution in [1.29, 1.82) is 0 Å². The number of H-pyrrole nitrogens is 1. The van der Waals surface area contributed by atoms with Gasteiger partial charge in [-0.15, -0.1) is 0 Å². The maximum absolute atomic E-state index is 13.7. The molecule has 3 amide bonds. The topological polar surface area (TPSA) is 144 Å². The van der Waals surface area contributed by atoms with E-state index in [1.54, 1.807) is 26.8 Å². The van der Waals surface area contributed by atoms with E-state index in [-0.39, 0.29) is 43.5 Å². The van der Waals surface area contributed by atoms with E-state index in [1.165, 1.54) is 18.2 Å². The van der Waals surface area contributed by atoms with E-state index in [2.05, 4.69) is 20.9 Å². The monoisotopic (exact) mass is 580 g/mol. The molecular formula is C30H46F2N4O5. The summed E-state index contributed by atoms with van der Waals surface area (Å²) in [7, 11) is 0.500. The van der Waals surface area contributed by atoms with Gasteiger partial charge in [0.1, 0.15) is 5.82 Å². The third-order valence-electron chi connectivity index (χ3n) is 5.86. The predicted molar refractivity (Wildman–Crippen MR) is 160 cm³/mol. The van der Waals surface area contributed by atoms with Crippen molar-refractivity contribution >= 4 is 35.1 Å². The SMILES string of the molecule is CC.CC.CCNC(=O)CC(O)CC(O)CCNC(=O)c1c(C)[nH]c(/C=C2\C(=O)Nc3ccc(F)cc32)c1C.CF. The average molecular weight is 581 g/mol. The van der Waals surface area contributed by atoms with Crippen LogP contribution in [0.15, 0.2) is 18.2 Å². The van der Waals surface area contributed by atoms with Gasteiger partial charge in [0.05, 0.1) is 36.9 Å². The van der Waals surface area contributed by atoms with Gasteiger partial charge in [0.2, 0.25) is 5.91 Å². The molecule has 1 aromatic carbocycles. The second-order valence-electron chi connectivity index (χ2n) is 8.61. The number of anilines is 1. The van der Waals surface area contributed by atoms with Crippen LogP contribution in [0.25, 0.3) is 11.6 Å². The summed E-state index contributed by atoms with van der Waals surface area (Å²) < 4.78 is 23.2. The first kappa shape index (κ1) is 37.4. The zero-order valence-electron chi connectivity index (χ0n) is 25.4. The Morgan fingerprint density at radius 1 is 1.05 bits per heavy atom. The van der Waals surface area contributed by atoms with Crippen LogP contribution in [0.3, 0.4) is 0 Å². The molecule has 1 aliphatic heterocycles. The van der Waals surface area contributed by atoms with Crippen LogP contribution in [-0.4, -0.2) is 65.4 Å². The van der Waals surface area contributed by atoms with E-state index in [4.69, 9.17) is 0 Å². The molecule has 0 bridgehead atoms. The molecule has 2 unspecified atom stereocenters. The lowest BCUT2D eigenvalue weighted by Crippen LogP contribution is -2.31. The first-order chi connectivity index (χ1) is 19.6. The smallest absolute Gasteiger partial charge is 0.256 e. The molecule has 11 heteroatoms. The summed E-state index contributed by atoms with van der Waals surface area (Å²) in [4.78, 5) is 39.8. The lowest BCUT2D eigenvalue weighted by molar-refractivity contribution is -0.123. The highest BCUT2D eigenvalue weighted by molar-refractivity contribution is 6.34. The Kier molecular flexibility index (Phi) is 17.8. The lowest BCUT2D eigenvalue weighted by Gasteiger charge is -2.15. The summed E-state index contributed by atoms with van der Waals surface area (Å²) in [6.45, 7) is 13.9. The van der Waals surface area contributed by atoms with E-state index in [9.17, 15) is 33.4 Å². The van der Waals surface area contributed by atoms with E-state index >= 15 is 0 Å². The number of amides is 3. The Hall–Kier alpha value is -3.57. The van der Waals surface area contributed by atoms with E-state index in [0.29, 0.717) is 53.1 Å². The number of carbonyl (C=O) groups excluding carboxylic acids is 3. The van der Waals surface area contributed by atoms with Gasteiger partial charge in [-0.3, -0.25) is 18.8 Å². The number of aromatic nitrogens is 1. The second-order valence-corrected chi connectivity index (χ2v) is 8.61. The molecule has 3 rings (SSSR count). The highest BCUT2D eigenvalue weighted by Gasteiger charge is 2.26. The molecule has 230 valence electrons. The van der Waals surface area contributed by atoms with Crippen LogP contribution in [-0.2, 0) is 9.59 Å². The van der Waals surface area contributed by atoms with Gasteiger partial charge >= 0.3 is 0 Å². The number of hydrogen-bond donors (Lipinski definition) is 6. The Balaban J connectivity index is 0.00000250. The van der Waals surface area contributed by atoms with Crippen LogP contribution in [0, 0.1) is 19.7 Å². The minimum Gasteiger partial charge on any atom is -0.393 e. The van der Waals surface area contributed by atoms with Crippen LogP contribution in [0.4, 0.5) is 14.5 Å². The van der Waals surface area contributed by atoms with Crippen molar-refractivity contribution in [2.24, 2.45) is 0 Å². The summed E-state index contributed by atoms with van der Waals surface area (Å²) in [6, 6.07) is 4.06. The molecule has 0 aliphatic carbocycles. The molecule has 6 N–H and O–H groups in total. The fourth-order valence-electron chi connectivity index (χ4n) is 4.15. The van der Waals surface area contributed by atoms with Crippen LogP contribution in [0.5, 0.6) is 0 Å². The molecule has 0 fully saturated rings. The summed E-state index contributed by atoms with van der Waals surface area (Å²) in [5, 5.41) is 28.1. The summed E-state index contributed by atoms with van der Waals surface area (Å²) in [6.07, 6.45) is -0.110. The molecule has 0 radical (unpaired) electrons. The first-order valence-corrected chi connectivity index (χ1v) is 13.9. The normalized spacial score (nSPS) is 13.7. The van der Waals surface area contributed by atoms with Crippen molar-refractivity contribution in [3.63, 3.8) is 0 Å². The van der Waals surface area contributed by atoms with Gasteiger partial charge in [0.25, 0.3) is 11.8 Å². The molecular weight excluding hydrogens is 534 g/mol. The molecule has 0 saturated carbocycles. The summed E-state index contributed by atoms with van der Waals surface area (Å²) >= 11 is 0. The van der Waals surface area contributed by atoms with Gasteiger partial charge in [0, 0.05) is 35.7 Å². The third-order valence-corrected chi connectivity index (χ3v) is 5.86. The maximum Gasteiger partial charge on any atom is 0.256 e. The van der Waals surface area contributed by atoms with Gasteiger partial charge in [0.15, 0.2) is 0 Å². The molecule has 1 aromatic heterocycles. The summed E-state index contributed by atoms with van der Waals surface area (Å²) in [5.41, 5.74) is 3.48. The average Bonchev–Trinajstić information content (AvgIpc) is 3.41. The van der Waals surface area contributed by atoms with Gasteiger partial charge in [-0.05, 0) is 63.5 Å². The number of nitrogens with one attached hydrogen (secondary N) is 4. The van der Waals surface area contributed by atoms with Crippen molar-refractivity contribution in [1.82, 2.24) is 15.6 Å². The third kappa shape index (κ3) is 11.1. The van der Waals surface area contributed by atoms with Gasteiger partial charge < -0.3 is 31.1 Å². The predicted octanol–water partition coefficient (Wildman–Crippen LogP) is 4.66. The van der Waals surface area contributed by atoms with Gasteiger partial charge in [-0.25, -0.2) is 4.39 Å². The zero-order valence-corrected chi connectivity index (χ0v) is 25.4. The Morgan fingerprint density at radius 2 is 1.68 bits per heavy atom. The van der Waals surface area contributed by atoms with E-state index in [1.807, 2.05) is 27.7 Å². The fourth-order valence-corrected chi connectivity index (χ4v) is 4.15. The van der Waals surface area contributed by atoms with Crippen LogP contribution in [0.1, 0.15) is 86.8 Å². The van der Waals surface area contributed by atoms with Gasteiger partial charge in [-0.1, -0.05) is 27.7 Å². The van der Waals surface area contributed by atoms with Crippen molar-refractivity contribution < 1.29 is 33.4 Å². The van der Waals surface area contributed by atoms with Crippen LogP contribution >= 0.6 is 0 Å². The number of aliphatic hydroxyl groups is 2. The van der Waals surface area contributed by atoms with Gasteiger partial charge in [-0.2, -0.15) is 0 Å². The first-order valence-electron chi connectivity index (χ1n) is 13.9. The zero-order chi connectivity index (χ0) is 31.7. The molecule has 1 aliphatic rings. The number of hydrogen-bond acceptors (Lipinski definition) is 5. The minimum atomic E-state index is -0.969. The van der Waals surface area contributed by atoms with Crippen LogP contribution in [0.2, 0.25) is 0 Å². The number of benzene rings is 1. The largest absolute Gasteiger partial charge is 0.393 e. The van der Waals surface area contributed by atoms with Crippen molar-refractivity contribution in [2.45, 2.75) is 79.9 Å². The molecule has 9 nitrogen and oxygen atoms in total. The maximum atomic E-state index is 13.7.